The first kappa shape index (κ1) is 27.2. The highest BCUT2D eigenvalue weighted by Gasteiger charge is 2.26. The van der Waals surface area contributed by atoms with E-state index in [9.17, 15) is 14.0 Å². The number of rotatable bonds is 8. The molecule has 2 amide bonds. The molecule has 1 unspecified atom stereocenters. The molecule has 7 nitrogen and oxygen atoms in total. The Hall–Kier alpha value is -2.81. The molecule has 2 fully saturated rings. The minimum atomic E-state index is -0.299. The van der Waals surface area contributed by atoms with Gasteiger partial charge in [-0.2, -0.15) is 0 Å². The molecule has 2 aromatic carbocycles. The molecule has 0 spiro atoms. The van der Waals surface area contributed by atoms with Gasteiger partial charge in [0, 0.05) is 62.5 Å². The lowest BCUT2D eigenvalue weighted by Crippen LogP contribution is -2.45. The van der Waals surface area contributed by atoms with Gasteiger partial charge in [-0.3, -0.25) is 19.4 Å². The van der Waals surface area contributed by atoms with Crippen LogP contribution in [0.25, 0.3) is 0 Å². The Bertz CT molecular complexity index is 1090. The zero-order valence-corrected chi connectivity index (χ0v) is 22.2. The minimum Gasteiger partial charge on any atom is -0.379 e. The molecule has 0 saturated carbocycles. The van der Waals surface area contributed by atoms with Gasteiger partial charge in [0.05, 0.1) is 13.2 Å². The molecule has 1 atom stereocenters. The van der Waals surface area contributed by atoms with Crippen molar-refractivity contribution in [1.82, 2.24) is 20.4 Å². The third-order valence-corrected chi connectivity index (χ3v) is 7.63. The summed E-state index contributed by atoms with van der Waals surface area (Å²) in [6.07, 6.45) is 1.72. The Morgan fingerprint density at radius 1 is 0.973 bits per heavy atom. The largest absolute Gasteiger partial charge is 0.379 e. The van der Waals surface area contributed by atoms with Crippen LogP contribution < -0.4 is 10.6 Å². The fraction of sp³-hybridized carbons (Fsp3) is 0.517. The molecular weight excluding hydrogens is 471 g/mol. The van der Waals surface area contributed by atoms with Crippen molar-refractivity contribution in [3.05, 3.63) is 70.0 Å². The monoisotopic (exact) mass is 510 g/mol. The summed E-state index contributed by atoms with van der Waals surface area (Å²) in [5.74, 6) is -0.487. The van der Waals surface area contributed by atoms with Gasteiger partial charge in [-0.25, -0.2) is 4.39 Å². The third-order valence-electron chi connectivity index (χ3n) is 7.63. The molecule has 0 bridgehead atoms. The number of aryl methyl sites for hydroxylation is 2. The molecule has 0 aliphatic carbocycles. The summed E-state index contributed by atoms with van der Waals surface area (Å²) in [5, 5.41) is 6.15. The van der Waals surface area contributed by atoms with Crippen LogP contribution in [0.2, 0.25) is 0 Å². The predicted molar refractivity (Wildman–Crippen MR) is 142 cm³/mol. The second-order valence-electron chi connectivity index (χ2n) is 10.2. The standard InChI is InChI=1S/C29H39FN4O3/c1-20-18-23(28(35)31-10-13-33-14-16-37-17-15-33)4-6-26(20)22(3)34-11-8-25(9-12-34)32-29(36)24-5-7-27(30)21(2)19-24/h4-7,18-19,22,25H,8-17H2,1-3H3,(H,31,35)(H,32,36). The van der Waals surface area contributed by atoms with E-state index in [0.29, 0.717) is 23.2 Å². The Morgan fingerprint density at radius 3 is 2.30 bits per heavy atom. The number of carbonyl (C=O) groups excluding carboxylic acids is 2. The molecule has 37 heavy (non-hydrogen) atoms. The number of amides is 2. The molecule has 200 valence electrons. The molecule has 4 rings (SSSR count). The number of likely N-dealkylation sites (tertiary alicyclic amines) is 1. The first-order chi connectivity index (χ1) is 17.8. The van der Waals surface area contributed by atoms with Crippen LogP contribution in [-0.4, -0.2) is 80.1 Å². The van der Waals surface area contributed by atoms with Crippen LogP contribution in [0.15, 0.2) is 36.4 Å². The maximum absolute atomic E-state index is 13.5. The van der Waals surface area contributed by atoms with Gasteiger partial charge in [0.1, 0.15) is 5.82 Å². The van der Waals surface area contributed by atoms with E-state index in [1.807, 2.05) is 12.1 Å². The lowest BCUT2D eigenvalue weighted by Gasteiger charge is -2.37. The quantitative estimate of drug-likeness (QED) is 0.569. The Labute approximate surface area is 219 Å². The van der Waals surface area contributed by atoms with Gasteiger partial charge in [0.25, 0.3) is 11.8 Å². The smallest absolute Gasteiger partial charge is 0.251 e. The predicted octanol–water partition coefficient (Wildman–Crippen LogP) is 3.46. The molecule has 2 heterocycles. The van der Waals surface area contributed by atoms with E-state index in [2.05, 4.69) is 40.3 Å². The van der Waals surface area contributed by atoms with Gasteiger partial charge < -0.3 is 15.4 Å². The first-order valence-corrected chi connectivity index (χ1v) is 13.3. The minimum absolute atomic E-state index is 0.0385. The van der Waals surface area contributed by atoms with E-state index in [0.717, 1.165) is 64.3 Å². The van der Waals surface area contributed by atoms with Crippen LogP contribution in [0.5, 0.6) is 0 Å². The van der Waals surface area contributed by atoms with Crippen LogP contribution in [0.1, 0.15) is 63.2 Å². The number of morpholine rings is 1. The van der Waals surface area contributed by atoms with Crippen molar-refractivity contribution in [3.63, 3.8) is 0 Å². The van der Waals surface area contributed by atoms with E-state index < -0.39 is 0 Å². The summed E-state index contributed by atoms with van der Waals surface area (Å²) in [5.41, 5.74) is 3.98. The van der Waals surface area contributed by atoms with Gasteiger partial charge in [-0.05, 0) is 80.6 Å². The molecule has 0 radical (unpaired) electrons. The molecule has 0 aromatic heterocycles. The maximum atomic E-state index is 13.5. The lowest BCUT2D eigenvalue weighted by molar-refractivity contribution is 0.0383. The Kier molecular flexibility index (Phi) is 9.29. The normalized spacial score (nSPS) is 18.4. The molecule has 2 aliphatic rings. The van der Waals surface area contributed by atoms with Crippen molar-refractivity contribution in [1.29, 1.82) is 0 Å². The van der Waals surface area contributed by atoms with Crippen LogP contribution in [0.4, 0.5) is 4.39 Å². The van der Waals surface area contributed by atoms with Crippen molar-refractivity contribution >= 4 is 11.8 Å². The van der Waals surface area contributed by atoms with Crippen LogP contribution in [0.3, 0.4) is 0 Å². The fourth-order valence-electron chi connectivity index (χ4n) is 5.22. The van der Waals surface area contributed by atoms with Gasteiger partial charge in [-0.1, -0.05) is 6.07 Å². The van der Waals surface area contributed by atoms with Crippen molar-refractivity contribution in [3.8, 4) is 0 Å². The number of ether oxygens (including phenoxy) is 1. The molecule has 2 saturated heterocycles. The Morgan fingerprint density at radius 2 is 1.62 bits per heavy atom. The Balaban J connectivity index is 1.25. The zero-order chi connectivity index (χ0) is 26.4. The molecule has 2 N–H and O–H groups in total. The van der Waals surface area contributed by atoms with Crippen molar-refractivity contribution in [2.75, 3.05) is 52.5 Å². The number of hydrogen-bond donors (Lipinski definition) is 2. The summed E-state index contributed by atoms with van der Waals surface area (Å²) in [4.78, 5) is 30.0. The van der Waals surface area contributed by atoms with Gasteiger partial charge in [0.2, 0.25) is 0 Å². The molecule has 2 aliphatic heterocycles. The van der Waals surface area contributed by atoms with E-state index >= 15 is 0 Å². The SMILES string of the molecule is Cc1cc(C(=O)NC2CCN(C(C)c3ccc(C(=O)NCCN4CCOCC4)cc3C)CC2)ccc1F. The number of nitrogens with one attached hydrogen (secondary N) is 2. The summed E-state index contributed by atoms with van der Waals surface area (Å²) in [7, 11) is 0. The van der Waals surface area contributed by atoms with E-state index in [4.69, 9.17) is 4.74 Å². The van der Waals surface area contributed by atoms with E-state index in [1.165, 1.54) is 17.7 Å². The third kappa shape index (κ3) is 7.15. The van der Waals surface area contributed by atoms with Crippen molar-refractivity contribution in [2.24, 2.45) is 0 Å². The number of benzene rings is 2. The fourth-order valence-corrected chi connectivity index (χ4v) is 5.22. The molecule has 8 heteroatoms. The second kappa shape index (κ2) is 12.6. The maximum Gasteiger partial charge on any atom is 0.251 e. The number of nitrogens with zero attached hydrogens (tertiary/aromatic N) is 2. The highest BCUT2D eigenvalue weighted by molar-refractivity contribution is 5.95. The van der Waals surface area contributed by atoms with Crippen LogP contribution in [0, 0.1) is 19.7 Å². The summed E-state index contributed by atoms with van der Waals surface area (Å²) >= 11 is 0. The lowest BCUT2D eigenvalue weighted by atomic mass is 9.95. The van der Waals surface area contributed by atoms with E-state index in [-0.39, 0.29) is 29.7 Å². The molecular formula is C29H39FN4O3. The van der Waals surface area contributed by atoms with Gasteiger partial charge in [0.15, 0.2) is 0 Å². The number of halogens is 1. The highest BCUT2D eigenvalue weighted by Crippen LogP contribution is 2.27. The first-order valence-electron chi connectivity index (χ1n) is 13.3. The number of piperidine rings is 1. The van der Waals surface area contributed by atoms with Gasteiger partial charge >= 0.3 is 0 Å². The topological polar surface area (TPSA) is 73.9 Å². The van der Waals surface area contributed by atoms with Crippen LogP contribution in [-0.2, 0) is 4.74 Å². The van der Waals surface area contributed by atoms with Gasteiger partial charge in [-0.15, -0.1) is 0 Å². The number of hydrogen-bond acceptors (Lipinski definition) is 5. The average Bonchev–Trinajstić information content (AvgIpc) is 2.90. The number of carbonyl (C=O) groups is 2. The molecule has 2 aromatic rings. The summed E-state index contributed by atoms with van der Waals surface area (Å²) in [6.45, 7) is 12.5. The summed E-state index contributed by atoms with van der Waals surface area (Å²) < 4.78 is 18.9. The van der Waals surface area contributed by atoms with Crippen molar-refractivity contribution < 1.29 is 18.7 Å². The van der Waals surface area contributed by atoms with E-state index in [1.54, 1.807) is 13.0 Å². The summed E-state index contributed by atoms with van der Waals surface area (Å²) in [6, 6.07) is 10.8. The van der Waals surface area contributed by atoms with Crippen molar-refractivity contribution in [2.45, 2.75) is 45.7 Å². The zero-order valence-electron chi connectivity index (χ0n) is 22.2. The van der Waals surface area contributed by atoms with Crippen LogP contribution >= 0.6 is 0 Å². The average molecular weight is 511 g/mol. The highest BCUT2D eigenvalue weighted by atomic mass is 19.1. The second-order valence-corrected chi connectivity index (χ2v) is 10.2.